The summed E-state index contributed by atoms with van der Waals surface area (Å²) in [5, 5.41) is 3.73. The lowest BCUT2D eigenvalue weighted by Crippen LogP contribution is -2.44. The average molecular weight is 295 g/mol. The highest BCUT2D eigenvalue weighted by molar-refractivity contribution is 6.30. The smallest absolute Gasteiger partial charge is 0.317 e. The van der Waals surface area contributed by atoms with Gasteiger partial charge in [0.15, 0.2) is 0 Å². The van der Waals surface area contributed by atoms with Gasteiger partial charge in [-0.1, -0.05) is 43.5 Å². The second-order valence-corrected chi connectivity index (χ2v) is 5.86. The Labute approximate surface area is 126 Å². The minimum atomic E-state index is 0.0636. The molecule has 2 amide bonds. The third-order valence-electron chi connectivity index (χ3n) is 3.82. The van der Waals surface area contributed by atoms with Gasteiger partial charge >= 0.3 is 6.03 Å². The van der Waals surface area contributed by atoms with E-state index in [9.17, 15) is 4.79 Å². The Hall–Kier alpha value is -1.22. The van der Waals surface area contributed by atoms with E-state index in [1.807, 2.05) is 29.2 Å². The first-order valence-corrected chi connectivity index (χ1v) is 7.87. The molecular formula is C16H23ClN2O. The van der Waals surface area contributed by atoms with Crippen LogP contribution in [0.25, 0.3) is 0 Å². The van der Waals surface area contributed by atoms with Crippen molar-refractivity contribution in [3.05, 3.63) is 34.9 Å². The second-order valence-electron chi connectivity index (χ2n) is 5.42. The van der Waals surface area contributed by atoms with Gasteiger partial charge in [0.2, 0.25) is 0 Å². The van der Waals surface area contributed by atoms with E-state index in [0.717, 1.165) is 36.4 Å². The highest BCUT2D eigenvalue weighted by Crippen LogP contribution is 2.25. The summed E-state index contributed by atoms with van der Waals surface area (Å²) in [6.07, 6.45) is 5.65. The lowest BCUT2D eigenvalue weighted by atomic mass is 10.1. The molecule has 0 heterocycles. The number of hydrogen-bond donors (Lipinski definition) is 1. The van der Waals surface area contributed by atoms with E-state index in [1.165, 1.54) is 12.8 Å². The molecule has 1 N–H and O–H groups in total. The van der Waals surface area contributed by atoms with Gasteiger partial charge in [0, 0.05) is 24.2 Å². The monoisotopic (exact) mass is 294 g/mol. The Morgan fingerprint density at radius 3 is 2.55 bits per heavy atom. The summed E-state index contributed by atoms with van der Waals surface area (Å²) in [7, 11) is 0. The third kappa shape index (κ3) is 4.14. The zero-order valence-corrected chi connectivity index (χ0v) is 12.8. The van der Waals surface area contributed by atoms with Crippen molar-refractivity contribution >= 4 is 17.6 Å². The quantitative estimate of drug-likeness (QED) is 0.867. The fourth-order valence-corrected chi connectivity index (χ4v) is 2.83. The number of urea groups is 1. The predicted molar refractivity (Wildman–Crippen MR) is 82.9 cm³/mol. The van der Waals surface area contributed by atoms with Crippen LogP contribution < -0.4 is 5.32 Å². The minimum absolute atomic E-state index is 0.0636. The first-order chi connectivity index (χ1) is 9.70. The van der Waals surface area contributed by atoms with Gasteiger partial charge in [-0.25, -0.2) is 4.79 Å². The first-order valence-electron chi connectivity index (χ1n) is 7.49. The molecule has 0 bridgehead atoms. The maximum atomic E-state index is 12.3. The van der Waals surface area contributed by atoms with Crippen LogP contribution in [0.5, 0.6) is 0 Å². The second kappa shape index (κ2) is 7.53. The number of nitrogens with zero attached hydrogens (tertiary/aromatic N) is 1. The maximum Gasteiger partial charge on any atom is 0.317 e. The largest absolute Gasteiger partial charge is 0.338 e. The van der Waals surface area contributed by atoms with Crippen molar-refractivity contribution in [1.29, 1.82) is 0 Å². The number of amides is 2. The lowest BCUT2D eigenvalue weighted by Gasteiger charge is -2.29. The number of nitrogens with one attached hydrogen (secondary N) is 1. The molecule has 1 aliphatic carbocycles. The number of benzene rings is 1. The first kappa shape index (κ1) is 15.2. The van der Waals surface area contributed by atoms with Gasteiger partial charge in [-0.15, -0.1) is 0 Å². The van der Waals surface area contributed by atoms with Gasteiger partial charge in [-0.3, -0.25) is 0 Å². The highest BCUT2D eigenvalue weighted by Gasteiger charge is 2.26. The summed E-state index contributed by atoms with van der Waals surface area (Å²) >= 11 is 5.91. The molecular weight excluding hydrogens is 272 g/mol. The van der Waals surface area contributed by atoms with Crippen LogP contribution >= 0.6 is 11.6 Å². The molecule has 0 radical (unpaired) electrons. The van der Waals surface area contributed by atoms with Crippen molar-refractivity contribution in [3.8, 4) is 0 Å². The summed E-state index contributed by atoms with van der Waals surface area (Å²) in [6.45, 7) is 3.47. The molecule has 0 atom stereocenters. The van der Waals surface area contributed by atoms with Crippen LogP contribution in [-0.2, 0) is 6.54 Å². The van der Waals surface area contributed by atoms with E-state index in [2.05, 4.69) is 12.2 Å². The van der Waals surface area contributed by atoms with Crippen molar-refractivity contribution < 1.29 is 4.79 Å². The molecule has 0 spiro atoms. The van der Waals surface area contributed by atoms with Crippen LogP contribution in [0.4, 0.5) is 4.79 Å². The molecule has 4 heteroatoms. The number of hydrogen-bond acceptors (Lipinski definition) is 1. The Balaban J connectivity index is 2.05. The number of halogens is 1. The van der Waals surface area contributed by atoms with Crippen LogP contribution in [0.15, 0.2) is 24.3 Å². The molecule has 0 aromatic heterocycles. The van der Waals surface area contributed by atoms with Gasteiger partial charge in [-0.2, -0.15) is 0 Å². The normalized spacial score (nSPS) is 15.3. The van der Waals surface area contributed by atoms with Crippen molar-refractivity contribution in [2.75, 3.05) is 6.54 Å². The third-order valence-corrected chi connectivity index (χ3v) is 4.07. The molecule has 1 aromatic rings. The zero-order valence-electron chi connectivity index (χ0n) is 12.1. The molecule has 0 aliphatic heterocycles. The topological polar surface area (TPSA) is 32.3 Å². The Morgan fingerprint density at radius 1 is 1.30 bits per heavy atom. The van der Waals surface area contributed by atoms with Crippen molar-refractivity contribution in [3.63, 3.8) is 0 Å². The van der Waals surface area contributed by atoms with E-state index in [4.69, 9.17) is 11.6 Å². The maximum absolute atomic E-state index is 12.3. The fraction of sp³-hybridized carbons (Fsp3) is 0.562. The van der Waals surface area contributed by atoms with E-state index in [-0.39, 0.29) is 6.03 Å². The molecule has 1 saturated carbocycles. The molecule has 2 rings (SSSR count). The van der Waals surface area contributed by atoms with Gasteiger partial charge < -0.3 is 10.2 Å². The van der Waals surface area contributed by atoms with Crippen molar-refractivity contribution in [2.45, 2.75) is 51.6 Å². The lowest BCUT2D eigenvalue weighted by molar-refractivity contribution is 0.171. The van der Waals surface area contributed by atoms with Gasteiger partial charge in [0.1, 0.15) is 0 Å². The van der Waals surface area contributed by atoms with E-state index in [1.54, 1.807) is 0 Å². The molecule has 0 unspecified atom stereocenters. The number of carbonyl (C=O) groups is 1. The minimum Gasteiger partial charge on any atom is -0.338 e. The highest BCUT2D eigenvalue weighted by atomic mass is 35.5. The number of rotatable bonds is 5. The van der Waals surface area contributed by atoms with Gasteiger partial charge in [0.25, 0.3) is 0 Å². The van der Waals surface area contributed by atoms with Crippen LogP contribution in [0.1, 0.15) is 44.6 Å². The van der Waals surface area contributed by atoms with Crippen LogP contribution in [0.3, 0.4) is 0 Å². The van der Waals surface area contributed by atoms with E-state index in [0.29, 0.717) is 12.6 Å². The van der Waals surface area contributed by atoms with Crippen molar-refractivity contribution in [2.24, 2.45) is 0 Å². The Kier molecular flexibility index (Phi) is 5.72. The molecule has 3 nitrogen and oxygen atoms in total. The Bertz CT molecular complexity index is 427. The number of carbonyl (C=O) groups excluding carboxylic acids is 1. The zero-order chi connectivity index (χ0) is 14.4. The van der Waals surface area contributed by atoms with Gasteiger partial charge in [-0.05, 0) is 37.0 Å². The standard InChI is InChI=1S/C16H23ClN2O/c1-2-11-18-16(20)19(15-5-3-4-6-15)12-13-7-9-14(17)10-8-13/h7-10,15H,2-6,11-12H2,1H3,(H,18,20). The summed E-state index contributed by atoms with van der Waals surface area (Å²) < 4.78 is 0. The average Bonchev–Trinajstić information content (AvgIpc) is 2.98. The fourth-order valence-electron chi connectivity index (χ4n) is 2.70. The summed E-state index contributed by atoms with van der Waals surface area (Å²) in [4.78, 5) is 14.3. The SMILES string of the molecule is CCCNC(=O)N(Cc1ccc(Cl)cc1)C1CCCC1. The predicted octanol–water partition coefficient (Wildman–Crippen LogP) is 4.20. The molecule has 1 aromatic carbocycles. The van der Waals surface area contributed by atoms with Crippen LogP contribution in [0, 0.1) is 0 Å². The van der Waals surface area contributed by atoms with Gasteiger partial charge in [0.05, 0.1) is 0 Å². The summed E-state index contributed by atoms with van der Waals surface area (Å²) in [5.74, 6) is 0. The molecule has 20 heavy (non-hydrogen) atoms. The molecule has 0 saturated heterocycles. The summed E-state index contributed by atoms with van der Waals surface area (Å²) in [6, 6.07) is 8.20. The Morgan fingerprint density at radius 2 is 1.95 bits per heavy atom. The van der Waals surface area contributed by atoms with E-state index >= 15 is 0 Å². The van der Waals surface area contributed by atoms with Crippen LogP contribution in [-0.4, -0.2) is 23.5 Å². The van der Waals surface area contributed by atoms with Crippen LogP contribution in [0.2, 0.25) is 5.02 Å². The summed E-state index contributed by atoms with van der Waals surface area (Å²) in [5.41, 5.74) is 1.13. The molecule has 110 valence electrons. The molecule has 1 aliphatic rings. The van der Waals surface area contributed by atoms with Crippen molar-refractivity contribution in [1.82, 2.24) is 10.2 Å². The molecule has 1 fully saturated rings. The van der Waals surface area contributed by atoms with E-state index < -0.39 is 0 Å².